The SMILES string of the molecule is COc1cc(C=C(C#N)c2ccc(Cl)cc2)ccc1OC(=O)c1ccco1. The first-order valence-electron chi connectivity index (χ1n) is 7.92. The maximum absolute atomic E-state index is 12.0. The molecule has 0 atom stereocenters. The molecule has 3 rings (SSSR count). The lowest BCUT2D eigenvalue weighted by molar-refractivity contribution is 0.0696. The second-order valence-electron chi connectivity index (χ2n) is 5.45. The topological polar surface area (TPSA) is 72.5 Å². The van der Waals surface area contributed by atoms with Crippen LogP contribution in [0.2, 0.25) is 5.02 Å². The Hall–Kier alpha value is -3.49. The van der Waals surface area contributed by atoms with Crippen LogP contribution in [0.1, 0.15) is 21.7 Å². The smallest absolute Gasteiger partial charge is 0.379 e. The van der Waals surface area contributed by atoms with E-state index < -0.39 is 5.97 Å². The molecule has 2 aromatic carbocycles. The van der Waals surface area contributed by atoms with Crippen molar-refractivity contribution >= 4 is 29.2 Å². The first kappa shape index (κ1) is 18.3. The molecular weight excluding hydrogens is 366 g/mol. The summed E-state index contributed by atoms with van der Waals surface area (Å²) in [5.41, 5.74) is 1.93. The molecule has 5 nitrogen and oxygen atoms in total. The zero-order chi connectivity index (χ0) is 19.2. The number of carbonyl (C=O) groups excluding carboxylic acids is 1. The van der Waals surface area contributed by atoms with E-state index >= 15 is 0 Å². The summed E-state index contributed by atoms with van der Waals surface area (Å²) in [5, 5.41) is 10.1. The molecule has 0 spiro atoms. The third kappa shape index (κ3) is 4.38. The quantitative estimate of drug-likeness (QED) is 0.263. The lowest BCUT2D eigenvalue weighted by atomic mass is 10.0. The van der Waals surface area contributed by atoms with Crippen molar-refractivity contribution in [3.8, 4) is 17.6 Å². The van der Waals surface area contributed by atoms with Crippen LogP contribution in [0.25, 0.3) is 11.6 Å². The molecule has 3 aromatic rings. The summed E-state index contributed by atoms with van der Waals surface area (Å²) in [5.74, 6) is 0.0779. The normalized spacial score (nSPS) is 10.9. The van der Waals surface area contributed by atoms with E-state index in [2.05, 4.69) is 6.07 Å². The number of rotatable bonds is 5. The van der Waals surface area contributed by atoms with Gasteiger partial charge in [-0.15, -0.1) is 0 Å². The molecule has 0 fully saturated rings. The molecule has 1 aromatic heterocycles. The minimum atomic E-state index is -0.625. The third-order valence-electron chi connectivity index (χ3n) is 3.70. The van der Waals surface area contributed by atoms with Gasteiger partial charge < -0.3 is 13.9 Å². The van der Waals surface area contributed by atoms with Crippen molar-refractivity contribution in [3.05, 3.63) is 82.8 Å². The average molecular weight is 380 g/mol. The van der Waals surface area contributed by atoms with Crippen molar-refractivity contribution in [2.75, 3.05) is 7.11 Å². The Bertz CT molecular complexity index is 1020. The maximum atomic E-state index is 12.0. The van der Waals surface area contributed by atoms with Crippen molar-refractivity contribution in [1.29, 1.82) is 5.26 Å². The van der Waals surface area contributed by atoms with Gasteiger partial charge >= 0.3 is 5.97 Å². The zero-order valence-corrected chi connectivity index (χ0v) is 15.1. The number of hydrogen-bond acceptors (Lipinski definition) is 5. The zero-order valence-electron chi connectivity index (χ0n) is 14.3. The van der Waals surface area contributed by atoms with Gasteiger partial charge in [0.2, 0.25) is 5.76 Å². The molecule has 0 aliphatic heterocycles. The number of nitriles is 1. The fourth-order valence-corrected chi connectivity index (χ4v) is 2.51. The van der Waals surface area contributed by atoms with Crippen LogP contribution in [0.4, 0.5) is 0 Å². The summed E-state index contributed by atoms with van der Waals surface area (Å²) in [6, 6.07) is 17.3. The number of benzene rings is 2. The molecule has 0 bridgehead atoms. The van der Waals surface area contributed by atoms with E-state index in [0.29, 0.717) is 16.3 Å². The molecule has 0 aliphatic carbocycles. The Kier molecular flexibility index (Phi) is 5.60. The van der Waals surface area contributed by atoms with Crippen LogP contribution in [0.5, 0.6) is 11.5 Å². The predicted molar refractivity (Wildman–Crippen MR) is 102 cm³/mol. The van der Waals surface area contributed by atoms with Gasteiger partial charge in [-0.1, -0.05) is 29.8 Å². The molecule has 1 heterocycles. The summed E-state index contributed by atoms with van der Waals surface area (Å²) >= 11 is 5.89. The summed E-state index contributed by atoms with van der Waals surface area (Å²) in [4.78, 5) is 12.0. The fraction of sp³-hybridized carbons (Fsp3) is 0.0476. The van der Waals surface area contributed by atoms with E-state index in [1.165, 1.54) is 19.4 Å². The van der Waals surface area contributed by atoms with E-state index in [1.807, 2.05) is 0 Å². The number of esters is 1. The minimum Gasteiger partial charge on any atom is -0.493 e. The average Bonchev–Trinajstić information content (AvgIpc) is 3.23. The van der Waals surface area contributed by atoms with Crippen LogP contribution in [0.3, 0.4) is 0 Å². The van der Waals surface area contributed by atoms with Gasteiger partial charge in [0.15, 0.2) is 11.5 Å². The number of halogens is 1. The molecular formula is C21H14ClNO4. The van der Waals surface area contributed by atoms with Crippen molar-refractivity contribution < 1.29 is 18.7 Å². The van der Waals surface area contributed by atoms with Crippen LogP contribution < -0.4 is 9.47 Å². The molecule has 0 unspecified atom stereocenters. The van der Waals surface area contributed by atoms with Gasteiger partial charge in [-0.25, -0.2) is 4.79 Å². The number of allylic oxidation sites excluding steroid dienone is 1. The number of ether oxygens (including phenoxy) is 2. The molecule has 0 radical (unpaired) electrons. The summed E-state index contributed by atoms with van der Waals surface area (Å²) < 4.78 is 15.6. The first-order chi connectivity index (χ1) is 13.1. The highest BCUT2D eigenvalue weighted by molar-refractivity contribution is 6.30. The van der Waals surface area contributed by atoms with Gasteiger partial charge in [-0.05, 0) is 53.6 Å². The standard InChI is InChI=1S/C21H14ClNO4/c1-25-20-12-14(11-16(13-23)15-5-7-17(22)8-6-15)4-9-18(20)27-21(24)19-3-2-10-26-19/h2-12H,1H3. The van der Waals surface area contributed by atoms with E-state index in [1.54, 1.807) is 54.6 Å². The number of furan rings is 1. The van der Waals surface area contributed by atoms with Gasteiger partial charge in [0.25, 0.3) is 0 Å². The molecule has 0 amide bonds. The Morgan fingerprint density at radius 1 is 1.15 bits per heavy atom. The lowest BCUT2D eigenvalue weighted by Gasteiger charge is -2.09. The summed E-state index contributed by atoms with van der Waals surface area (Å²) in [6.45, 7) is 0. The molecule has 6 heteroatoms. The van der Waals surface area contributed by atoms with E-state index in [-0.39, 0.29) is 11.5 Å². The summed E-state index contributed by atoms with van der Waals surface area (Å²) in [7, 11) is 1.47. The number of hydrogen-bond donors (Lipinski definition) is 0. The van der Waals surface area contributed by atoms with Crippen LogP contribution in [-0.2, 0) is 0 Å². The van der Waals surface area contributed by atoms with Crippen LogP contribution in [0, 0.1) is 11.3 Å². The van der Waals surface area contributed by atoms with Gasteiger partial charge in [-0.3, -0.25) is 0 Å². The number of nitrogens with zero attached hydrogens (tertiary/aromatic N) is 1. The van der Waals surface area contributed by atoms with Crippen LogP contribution in [0.15, 0.2) is 65.3 Å². The highest BCUT2D eigenvalue weighted by atomic mass is 35.5. The molecule has 0 N–H and O–H groups in total. The Balaban J connectivity index is 1.88. The van der Waals surface area contributed by atoms with Gasteiger partial charge in [0.05, 0.1) is 25.0 Å². The maximum Gasteiger partial charge on any atom is 0.379 e. The highest BCUT2D eigenvalue weighted by Crippen LogP contribution is 2.30. The van der Waals surface area contributed by atoms with E-state index in [4.69, 9.17) is 25.5 Å². The van der Waals surface area contributed by atoms with Gasteiger partial charge in [-0.2, -0.15) is 5.26 Å². The number of methoxy groups -OCH3 is 1. The Morgan fingerprint density at radius 3 is 2.56 bits per heavy atom. The second-order valence-corrected chi connectivity index (χ2v) is 5.89. The molecule has 0 saturated heterocycles. The molecule has 0 aliphatic rings. The van der Waals surface area contributed by atoms with Crippen molar-refractivity contribution in [2.45, 2.75) is 0 Å². The van der Waals surface area contributed by atoms with E-state index in [0.717, 1.165) is 11.1 Å². The first-order valence-corrected chi connectivity index (χ1v) is 8.30. The summed E-state index contributed by atoms with van der Waals surface area (Å²) in [6.07, 6.45) is 3.10. The van der Waals surface area contributed by atoms with E-state index in [9.17, 15) is 10.1 Å². The monoisotopic (exact) mass is 379 g/mol. The molecule has 0 saturated carbocycles. The molecule has 134 valence electrons. The molecule has 27 heavy (non-hydrogen) atoms. The second kappa shape index (κ2) is 8.26. The largest absolute Gasteiger partial charge is 0.493 e. The predicted octanol–water partition coefficient (Wildman–Crippen LogP) is 5.22. The van der Waals surface area contributed by atoms with Crippen molar-refractivity contribution in [3.63, 3.8) is 0 Å². The fourth-order valence-electron chi connectivity index (χ4n) is 2.38. The highest BCUT2D eigenvalue weighted by Gasteiger charge is 2.15. The lowest BCUT2D eigenvalue weighted by Crippen LogP contribution is -2.08. The van der Waals surface area contributed by atoms with Crippen LogP contribution in [-0.4, -0.2) is 13.1 Å². The Morgan fingerprint density at radius 2 is 1.93 bits per heavy atom. The van der Waals surface area contributed by atoms with Crippen molar-refractivity contribution in [2.24, 2.45) is 0 Å². The number of carbonyl (C=O) groups is 1. The van der Waals surface area contributed by atoms with Gasteiger partial charge in [0.1, 0.15) is 0 Å². The van der Waals surface area contributed by atoms with Crippen molar-refractivity contribution in [1.82, 2.24) is 0 Å². The van der Waals surface area contributed by atoms with Gasteiger partial charge in [0, 0.05) is 5.02 Å². The minimum absolute atomic E-state index is 0.0931. The van der Waals surface area contributed by atoms with Crippen LogP contribution >= 0.6 is 11.6 Å². The Labute approximate surface area is 161 Å². The third-order valence-corrected chi connectivity index (χ3v) is 3.95.